The molecule has 3 aromatic carbocycles. The number of hydrogen-bond donors (Lipinski definition) is 1. The molecular formula is C23H17ClN4. The molecule has 0 amide bonds. The van der Waals surface area contributed by atoms with Crippen molar-refractivity contribution in [2.24, 2.45) is 5.10 Å². The van der Waals surface area contributed by atoms with Crippen molar-refractivity contribution in [3.8, 4) is 22.5 Å². The van der Waals surface area contributed by atoms with Crippen LogP contribution < -0.4 is 5.43 Å². The Hall–Kier alpha value is -3.50. The topological polar surface area (TPSA) is 50.2 Å². The van der Waals surface area contributed by atoms with E-state index in [1.807, 2.05) is 91.0 Å². The number of anilines is 1. The summed E-state index contributed by atoms with van der Waals surface area (Å²) < 4.78 is 0. The van der Waals surface area contributed by atoms with Crippen molar-refractivity contribution in [1.29, 1.82) is 0 Å². The third-order valence-electron chi connectivity index (χ3n) is 4.09. The van der Waals surface area contributed by atoms with Gasteiger partial charge in [-0.15, -0.1) is 0 Å². The lowest BCUT2D eigenvalue weighted by atomic mass is 10.1. The summed E-state index contributed by atoms with van der Waals surface area (Å²) >= 11 is 6.01. The minimum absolute atomic E-state index is 0.429. The van der Waals surface area contributed by atoms with E-state index in [0.29, 0.717) is 11.0 Å². The van der Waals surface area contributed by atoms with E-state index < -0.39 is 0 Å². The lowest BCUT2D eigenvalue weighted by molar-refractivity contribution is 1.13. The molecule has 0 radical (unpaired) electrons. The highest BCUT2D eigenvalue weighted by Crippen LogP contribution is 2.25. The van der Waals surface area contributed by atoms with Crippen LogP contribution in [-0.4, -0.2) is 16.2 Å². The highest BCUT2D eigenvalue weighted by atomic mass is 35.5. The molecular weight excluding hydrogens is 368 g/mol. The average molecular weight is 385 g/mol. The molecule has 1 N–H and O–H groups in total. The molecule has 0 fully saturated rings. The monoisotopic (exact) mass is 384 g/mol. The molecule has 0 saturated heterocycles. The van der Waals surface area contributed by atoms with Crippen LogP contribution in [-0.2, 0) is 0 Å². The first kappa shape index (κ1) is 17.9. The van der Waals surface area contributed by atoms with E-state index in [1.54, 1.807) is 6.21 Å². The van der Waals surface area contributed by atoms with Gasteiger partial charge in [-0.3, -0.25) is 0 Å². The Balaban J connectivity index is 1.68. The molecule has 0 saturated carbocycles. The van der Waals surface area contributed by atoms with Gasteiger partial charge in [0.05, 0.1) is 17.6 Å². The fourth-order valence-electron chi connectivity index (χ4n) is 2.76. The highest BCUT2D eigenvalue weighted by molar-refractivity contribution is 6.30. The largest absolute Gasteiger partial charge is 0.245 e. The summed E-state index contributed by atoms with van der Waals surface area (Å²) in [6, 6.07) is 29.5. The molecule has 0 aliphatic heterocycles. The van der Waals surface area contributed by atoms with Crippen LogP contribution in [0, 0.1) is 0 Å². The Labute approximate surface area is 168 Å². The summed E-state index contributed by atoms with van der Waals surface area (Å²) in [6.07, 6.45) is 1.69. The van der Waals surface area contributed by atoms with E-state index in [4.69, 9.17) is 11.6 Å². The van der Waals surface area contributed by atoms with Crippen LogP contribution in [0.5, 0.6) is 0 Å². The Bertz CT molecular complexity index is 1040. The number of rotatable bonds is 5. The van der Waals surface area contributed by atoms with Crippen molar-refractivity contribution < 1.29 is 0 Å². The van der Waals surface area contributed by atoms with Crippen LogP contribution in [0.25, 0.3) is 22.5 Å². The van der Waals surface area contributed by atoms with Crippen molar-refractivity contribution in [3.63, 3.8) is 0 Å². The summed E-state index contributed by atoms with van der Waals surface area (Å²) in [7, 11) is 0. The van der Waals surface area contributed by atoms with Gasteiger partial charge in [-0.1, -0.05) is 84.4 Å². The quantitative estimate of drug-likeness (QED) is 0.343. The first-order valence-electron chi connectivity index (χ1n) is 8.82. The van der Waals surface area contributed by atoms with E-state index in [9.17, 15) is 0 Å². The maximum Gasteiger partial charge on any atom is 0.244 e. The number of benzene rings is 3. The third-order valence-corrected chi connectivity index (χ3v) is 4.33. The SMILES string of the molecule is Clc1cccc(/C=N/Nc2nc(-c3ccccc3)cc(-c3ccccc3)n2)c1. The lowest BCUT2D eigenvalue weighted by Gasteiger charge is -2.08. The van der Waals surface area contributed by atoms with E-state index >= 15 is 0 Å². The van der Waals surface area contributed by atoms with Crippen LogP contribution in [0.4, 0.5) is 5.95 Å². The molecule has 4 aromatic rings. The molecule has 5 heteroatoms. The number of halogens is 1. The molecule has 136 valence electrons. The van der Waals surface area contributed by atoms with Gasteiger partial charge in [0.2, 0.25) is 5.95 Å². The Morgan fingerprint density at radius 2 is 1.32 bits per heavy atom. The molecule has 1 aromatic heterocycles. The van der Waals surface area contributed by atoms with Crippen molar-refractivity contribution >= 4 is 23.8 Å². The molecule has 0 atom stereocenters. The molecule has 4 rings (SSSR count). The van der Waals surface area contributed by atoms with Gasteiger partial charge >= 0.3 is 0 Å². The molecule has 0 unspecified atom stereocenters. The number of hydrogen-bond acceptors (Lipinski definition) is 4. The van der Waals surface area contributed by atoms with Crippen LogP contribution in [0.15, 0.2) is 96.1 Å². The second-order valence-corrected chi connectivity index (χ2v) is 6.56. The number of hydrazone groups is 1. The Morgan fingerprint density at radius 1 is 0.714 bits per heavy atom. The first-order valence-corrected chi connectivity index (χ1v) is 9.20. The number of nitrogens with one attached hydrogen (secondary N) is 1. The van der Waals surface area contributed by atoms with Crippen LogP contribution in [0.2, 0.25) is 5.02 Å². The zero-order valence-corrected chi connectivity index (χ0v) is 15.7. The second kappa shape index (κ2) is 8.46. The van der Waals surface area contributed by atoms with E-state index in [2.05, 4.69) is 20.5 Å². The van der Waals surface area contributed by atoms with E-state index in [-0.39, 0.29) is 0 Å². The lowest BCUT2D eigenvalue weighted by Crippen LogP contribution is -2.00. The zero-order chi connectivity index (χ0) is 19.2. The summed E-state index contributed by atoms with van der Waals surface area (Å²) in [5.41, 5.74) is 7.52. The summed E-state index contributed by atoms with van der Waals surface area (Å²) in [4.78, 5) is 9.23. The summed E-state index contributed by atoms with van der Waals surface area (Å²) in [6.45, 7) is 0. The maximum absolute atomic E-state index is 6.01. The average Bonchev–Trinajstić information content (AvgIpc) is 2.75. The number of aromatic nitrogens is 2. The van der Waals surface area contributed by atoms with Gasteiger partial charge in [-0.05, 0) is 23.8 Å². The van der Waals surface area contributed by atoms with Gasteiger partial charge in [0.1, 0.15) is 0 Å². The van der Waals surface area contributed by atoms with Gasteiger partial charge < -0.3 is 0 Å². The Morgan fingerprint density at radius 3 is 1.89 bits per heavy atom. The van der Waals surface area contributed by atoms with E-state index in [0.717, 1.165) is 28.1 Å². The van der Waals surface area contributed by atoms with Crippen molar-refractivity contribution in [2.45, 2.75) is 0 Å². The smallest absolute Gasteiger partial charge is 0.244 e. The van der Waals surface area contributed by atoms with Gasteiger partial charge in [0.25, 0.3) is 0 Å². The zero-order valence-electron chi connectivity index (χ0n) is 15.0. The molecule has 28 heavy (non-hydrogen) atoms. The van der Waals surface area contributed by atoms with Gasteiger partial charge in [0, 0.05) is 16.1 Å². The van der Waals surface area contributed by atoms with Crippen LogP contribution in [0.1, 0.15) is 5.56 Å². The van der Waals surface area contributed by atoms with Crippen LogP contribution >= 0.6 is 11.6 Å². The maximum atomic E-state index is 6.01. The minimum Gasteiger partial charge on any atom is -0.245 e. The summed E-state index contributed by atoms with van der Waals surface area (Å²) in [5.74, 6) is 0.429. The predicted octanol–water partition coefficient (Wildman–Crippen LogP) is 5.91. The number of nitrogens with zero attached hydrogens (tertiary/aromatic N) is 3. The van der Waals surface area contributed by atoms with E-state index in [1.165, 1.54) is 0 Å². The van der Waals surface area contributed by atoms with Gasteiger partial charge in [0.15, 0.2) is 0 Å². The summed E-state index contributed by atoms with van der Waals surface area (Å²) in [5, 5.41) is 4.93. The van der Waals surface area contributed by atoms with Crippen molar-refractivity contribution in [3.05, 3.63) is 102 Å². The second-order valence-electron chi connectivity index (χ2n) is 6.12. The van der Waals surface area contributed by atoms with Crippen molar-refractivity contribution in [1.82, 2.24) is 9.97 Å². The molecule has 0 spiro atoms. The normalized spacial score (nSPS) is 10.9. The fraction of sp³-hybridized carbons (Fsp3) is 0. The third kappa shape index (κ3) is 4.42. The highest BCUT2D eigenvalue weighted by Gasteiger charge is 2.08. The molecule has 0 aliphatic carbocycles. The fourth-order valence-corrected chi connectivity index (χ4v) is 2.96. The molecule has 0 aliphatic rings. The predicted molar refractivity (Wildman–Crippen MR) is 116 cm³/mol. The standard InChI is InChI=1S/C23H17ClN4/c24-20-13-7-8-17(14-20)16-25-28-23-26-21(18-9-3-1-4-10-18)15-22(27-23)19-11-5-2-6-12-19/h1-16H,(H,26,27,28)/b25-16+. The van der Waals surface area contributed by atoms with Gasteiger partial charge in [-0.2, -0.15) is 5.10 Å². The Kier molecular flexibility index (Phi) is 5.41. The van der Waals surface area contributed by atoms with Crippen molar-refractivity contribution in [2.75, 3.05) is 5.43 Å². The van der Waals surface area contributed by atoms with Crippen LogP contribution in [0.3, 0.4) is 0 Å². The molecule has 0 bridgehead atoms. The first-order chi connectivity index (χ1) is 13.8. The minimum atomic E-state index is 0.429. The van der Waals surface area contributed by atoms with Gasteiger partial charge in [-0.25, -0.2) is 15.4 Å². The molecule has 1 heterocycles. The molecule has 4 nitrogen and oxygen atoms in total.